The zero-order chi connectivity index (χ0) is 48.2. The van der Waals surface area contributed by atoms with Gasteiger partial charge in [-0.1, -0.05) is 38.1 Å². The normalized spacial score (nSPS) is 20.2. The highest BCUT2D eigenvalue weighted by atomic mass is 19.4. The third kappa shape index (κ3) is 10.6. The van der Waals surface area contributed by atoms with Gasteiger partial charge in [0.25, 0.3) is 5.91 Å². The SMILES string of the molecule is COCC(=O)N1CCC[C@@]1(C)C(=O)N1CCN(c2ccc(NC(=O)c3ccc(-c4ccc(-c5c[nH]c([C@@H]6CCCN6C(=O)[C@@H](NC(=O)OC)C(C)C)n5)cc4)c(OC(F)(F)F)c3)cn2)[C@H](C)C1. The summed E-state index contributed by atoms with van der Waals surface area (Å²) in [5.74, 6) is -0.826. The highest BCUT2D eigenvalue weighted by Crippen LogP contribution is 2.38. The Labute approximate surface area is 386 Å². The van der Waals surface area contributed by atoms with E-state index in [1.54, 1.807) is 57.3 Å². The number of methoxy groups -OCH3 is 2. The summed E-state index contributed by atoms with van der Waals surface area (Å²) in [6.07, 6.45) is 0.0993. The van der Waals surface area contributed by atoms with Gasteiger partial charge in [0, 0.05) is 68.8 Å². The second-order valence-electron chi connectivity index (χ2n) is 17.6. The van der Waals surface area contributed by atoms with Crippen LogP contribution < -0.4 is 20.3 Å². The number of carbonyl (C=O) groups excluding carboxylic acids is 5. The largest absolute Gasteiger partial charge is 0.573 e. The Morgan fingerprint density at radius 3 is 2.36 bits per heavy atom. The molecule has 3 aliphatic heterocycles. The number of hydrogen-bond donors (Lipinski definition) is 3. The second kappa shape index (κ2) is 20.0. The van der Waals surface area contributed by atoms with Crippen molar-refractivity contribution in [3.05, 3.63) is 78.4 Å². The van der Waals surface area contributed by atoms with Crippen molar-refractivity contribution in [2.45, 2.75) is 83.4 Å². The highest BCUT2D eigenvalue weighted by molar-refractivity contribution is 6.05. The van der Waals surface area contributed by atoms with Gasteiger partial charge < -0.3 is 49.4 Å². The molecule has 2 aromatic heterocycles. The number of nitrogens with one attached hydrogen (secondary N) is 3. The zero-order valence-corrected chi connectivity index (χ0v) is 38.3. The zero-order valence-electron chi connectivity index (χ0n) is 38.3. The number of anilines is 2. The molecule has 3 fully saturated rings. The van der Waals surface area contributed by atoms with Gasteiger partial charge in [0.05, 0.1) is 30.7 Å². The van der Waals surface area contributed by atoms with E-state index in [9.17, 15) is 37.1 Å². The first kappa shape index (κ1) is 48.2. The number of hydrogen-bond acceptors (Lipinski definition) is 11. The van der Waals surface area contributed by atoms with Crippen LogP contribution in [0.2, 0.25) is 0 Å². The van der Waals surface area contributed by atoms with E-state index in [2.05, 4.69) is 25.3 Å². The Balaban J connectivity index is 0.997. The first-order chi connectivity index (χ1) is 31.9. The summed E-state index contributed by atoms with van der Waals surface area (Å²) in [7, 11) is 2.69. The molecule has 17 nitrogen and oxygen atoms in total. The lowest BCUT2D eigenvalue weighted by Gasteiger charge is -2.44. The van der Waals surface area contributed by atoms with Gasteiger partial charge >= 0.3 is 12.5 Å². The second-order valence-corrected chi connectivity index (χ2v) is 17.6. The van der Waals surface area contributed by atoms with E-state index in [-0.39, 0.29) is 53.5 Å². The molecule has 4 atom stereocenters. The number of imidazole rings is 1. The highest BCUT2D eigenvalue weighted by Gasteiger charge is 2.48. The number of nitrogens with zero attached hydrogens (tertiary/aromatic N) is 6. The van der Waals surface area contributed by atoms with Crippen molar-refractivity contribution in [1.29, 1.82) is 0 Å². The molecule has 3 N–H and O–H groups in total. The van der Waals surface area contributed by atoms with E-state index in [0.29, 0.717) is 79.7 Å². The molecule has 3 saturated heterocycles. The Bertz CT molecular complexity index is 2450. The number of rotatable bonds is 13. The lowest BCUT2D eigenvalue weighted by Crippen LogP contribution is -2.62. The molecule has 7 rings (SSSR count). The van der Waals surface area contributed by atoms with E-state index >= 15 is 0 Å². The van der Waals surface area contributed by atoms with Crippen molar-refractivity contribution in [2.75, 3.05) is 63.8 Å². The van der Waals surface area contributed by atoms with Crippen molar-refractivity contribution in [3.63, 3.8) is 0 Å². The maximum absolute atomic E-state index is 13.8. The number of aromatic nitrogens is 3. The van der Waals surface area contributed by atoms with Gasteiger partial charge in [-0.05, 0) is 81.3 Å². The first-order valence-corrected chi connectivity index (χ1v) is 22.2. The number of likely N-dealkylation sites (tertiary alicyclic amines) is 2. The maximum Gasteiger partial charge on any atom is 0.573 e. The number of benzene rings is 2. The van der Waals surface area contributed by atoms with Crippen LogP contribution in [0.3, 0.4) is 0 Å². The quantitative estimate of drug-likeness (QED) is 0.135. The predicted molar refractivity (Wildman–Crippen MR) is 241 cm³/mol. The summed E-state index contributed by atoms with van der Waals surface area (Å²) in [5.41, 5.74) is 0.993. The molecule has 0 saturated carbocycles. The van der Waals surface area contributed by atoms with Crippen LogP contribution in [0.5, 0.6) is 5.75 Å². The van der Waals surface area contributed by atoms with Crippen molar-refractivity contribution in [3.8, 4) is 28.1 Å². The minimum Gasteiger partial charge on any atom is -0.453 e. The maximum atomic E-state index is 13.8. The number of H-pyrrole nitrogens is 1. The van der Waals surface area contributed by atoms with Crippen molar-refractivity contribution < 1.29 is 51.4 Å². The van der Waals surface area contributed by atoms with Crippen LogP contribution in [0, 0.1) is 5.92 Å². The molecule has 0 aliphatic carbocycles. The Morgan fingerprint density at radius 2 is 1.70 bits per heavy atom. The van der Waals surface area contributed by atoms with Gasteiger partial charge in [-0.3, -0.25) is 19.2 Å². The third-order valence-electron chi connectivity index (χ3n) is 12.7. The Hall–Kier alpha value is -6.70. The van der Waals surface area contributed by atoms with Crippen molar-refractivity contribution in [1.82, 2.24) is 35.0 Å². The first-order valence-electron chi connectivity index (χ1n) is 22.2. The van der Waals surface area contributed by atoms with Crippen LogP contribution in [0.4, 0.5) is 29.5 Å². The molecule has 5 amide bonds. The molecule has 0 radical (unpaired) electrons. The lowest BCUT2D eigenvalue weighted by atomic mass is 9.95. The van der Waals surface area contributed by atoms with Gasteiger partial charge in [-0.15, -0.1) is 13.2 Å². The monoisotopic (exact) mass is 931 g/mol. The van der Waals surface area contributed by atoms with Crippen molar-refractivity contribution >= 4 is 41.2 Å². The number of halogens is 3. The minimum atomic E-state index is -5.05. The Kier molecular flexibility index (Phi) is 14.4. The molecular weight excluding hydrogens is 876 g/mol. The molecule has 67 heavy (non-hydrogen) atoms. The van der Waals surface area contributed by atoms with E-state index in [1.165, 1.54) is 32.5 Å². The van der Waals surface area contributed by atoms with Crippen LogP contribution in [0.15, 0.2) is 67.0 Å². The van der Waals surface area contributed by atoms with E-state index < -0.39 is 35.7 Å². The standard InChI is InChI=1S/C47H56F3N9O8/c1-28(2)40(55-45(64)66-6)43(62)58-19-7-9-36(58)41-52-25-35(54-41)31-12-10-30(11-13-31)34-16-14-32(23-37(34)67-47(48,49)50)42(61)53-33-15-17-38(51-24-33)57-22-21-56(26-29(57)3)44(63)46(4)18-8-20-59(46)39(60)27-65-5/h10-17,23-25,28-29,36,40H,7-9,18-22,26-27H2,1-6H3,(H,52,54)(H,53,61)(H,55,64)/t29-,36+,40+,46+/m1/s1. The summed E-state index contributed by atoms with van der Waals surface area (Å²) in [5, 5.41) is 5.33. The van der Waals surface area contributed by atoms with E-state index in [1.807, 2.05) is 32.6 Å². The average molecular weight is 932 g/mol. The van der Waals surface area contributed by atoms with Gasteiger partial charge in [0.1, 0.15) is 35.6 Å². The number of pyridine rings is 1. The number of alkyl halides is 3. The number of ether oxygens (including phenoxy) is 3. The lowest BCUT2D eigenvalue weighted by molar-refractivity contribution is -0.274. The number of carbonyl (C=O) groups is 5. The average Bonchev–Trinajstić information content (AvgIpc) is 4.08. The molecule has 20 heteroatoms. The Morgan fingerprint density at radius 1 is 0.955 bits per heavy atom. The summed E-state index contributed by atoms with van der Waals surface area (Å²) in [4.78, 5) is 85.1. The smallest absolute Gasteiger partial charge is 0.453 e. The number of amides is 5. The fourth-order valence-corrected chi connectivity index (χ4v) is 9.22. The molecule has 0 spiro atoms. The molecule has 5 heterocycles. The van der Waals surface area contributed by atoms with Crippen LogP contribution >= 0.6 is 0 Å². The van der Waals surface area contributed by atoms with Gasteiger partial charge in [0.2, 0.25) is 17.7 Å². The number of piperazine rings is 1. The van der Waals surface area contributed by atoms with Gasteiger partial charge in [-0.25, -0.2) is 14.8 Å². The molecule has 0 bridgehead atoms. The van der Waals surface area contributed by atoms with E-state index in [4.69, 9.17) is 14.5 Å². The fourth-order valence-electron chi connectivity index (χ4n) is 9.22. The van der Waals surface area contributed by atoms with Gasteiger partial charge in [-0.2, -0.15) is 0 Å². The summed E-state index contributed by atoms with van der Waals surface area (Å²) in [6.45, 7) is 9.67. The van der Waals surface area contributed by atoms with Crippen LogP contribution in [0.25, 0.3) is 22.4 Å². The van der Waals surface area contributed by atoms with Gasteiger partial charge in [0.15, 0.2) is 0 Å². The molecule has 2 aromatic carbocycles. The molecule has 0 unspecified atom stereocenters. The van der Waals surface area contributed by atoms with Crippen LogP contribution in [-0.4, -0.2) is 137 Å². The molecule has 4 aromatic rings. The molecule has 358 valence electrons. The topological polar surface area (TPSA) is 192 Å². The predicted octanol–water partition coefficient (Wildman–Crippen LogP) is 6.40. The summed E-state index contributed by atoms with van der Waals surface area (Å²) in [6, 6.07) is 12.6. The van der Waals surface area contributed by atoms with Crippen molar-refractivity contribution in [2.24, 2.45) is 5.92 Å². The molecular formula is C47H56F3N9O8. The number of alkyl carbamates (subject to hydrolysis) is 1. The van der Waals surface area contributed by atoms with Crippen LogP contribution in [0.1, 0.15) is 75.6 Å². The number of aromatic amines is 1. The fraction of sp³-hybridized carbons (Fsp3) is 0.468. The third-order valence-corrected chi connectivity index (χ3v) is 12.7. The summed E-state index contributed by atoms with van der Waals surface area (Å²) < 4.78 is 55.5. The minimum absolute atomic E-state index is 0.0826. The van der Waals surface area contributed by atoms with Crippen LogP contribution in [-0.2, 0) is 23.9 Å². The summed E-state index contributed by atoms with van der Waals surface area (Å²) >= 11 is 0. The molecule has 3 aliphatic rings. The van der Waals surface area contributed by atoms with E-state index in [0.717, 1.165) is 18.9 Å².